The van der Waals surface area contributed by atoms with Crippen LogP contribution in [0, 0.1) is 5.41 Å². The van der Waals surface area contributed by atoms with E-state index in [0.717, 1.165) is 25.9 Å². The van der Waals surface area contributed by atoms with E-state index in [-0.39, 0.29) is 11.3 Å². The van der Waals surface area contributed by atoms with Crippen molar-refractivity contribution in [2.75, 3.05) is 19.6 Å². The van der Waals surface area contributed by atoms with Gasteiger partial charge in [0.1, 0.15) is 11.4 Å². The molecule has 0 radical (unpaired) electrons. The lowest BCUT2D eigenvalue weighted by Gasteiger charge is -2.36. The quantitative estimate of drug-likeness (QED) is 0.894. The van der Waals surface area contributed by atoms with Crippen LogP contribution in [-0.2, 0) is 10.4 Å². The van der Waals surface area contributed by atoms with Crippen LogP contribution in [0.3, 0.4) is 0 Å². The van der Waals surface area contributed by atoms with Gasteiger partial charge in [-0.05, 0) is 31.9 Å². The Hall–Kier alpha value is -1.33. The van der Waals surface area contributed by atoms with Gasteiger partial charge in [0.15, 0.2) is 0 Å². The van der Waals surface area contributed by atoms with E-state index in [2.05, 4.69) is 5.32 Å². The highest BCUT2D eigenvalue weighted by Gasteiger charge is 2.32. The van der Waals surface area contributed by atoms with Gasteiger partial charge in [-0.3, -0.25) is 4.79 Å². The van der Waals surface area contributed by atoms with Gasteiger partial charge in [0.25, 0.3) is 0 Å². The third kappa shape index (κ3) is 4.11. The molecule has 2 heterocycles. The number of carbonyl (C=O) groups is 1. The number of hydrogen-bond donors (Lipinski definition) is 2. The zero-order chi connectivity index (χ0) is 16.4. The average Bonchev–Trinajstić information content (AvgIpc) is 2.99. The smallest absolute Gasteiger partial charge is 0.227 e. The Kier molecular flexibility index (Phi) is 4.97. The molecule has 124 valence electrons. The molecular weight excluding hydrogens is 280 g/mol. The van der Waals surface area contributed by atoms with Gasteiger partial charge in [-0.2, -0.15) is 0 Å². The molecule has 1 aliphatic rings. The summed E-state index contributed by atoms with van der Waals surface area (Å²) in [5, 5.41) is 13.8. The minimum Gasteiger partial charge on any atom is -0.466 e. The molecule has 1 aliphatic heterocycles. The lowest BCUT2D eigenvalue weighted by Crippen LogP contribution is -2.50. The van der Waals surface area contributed by atoms with E-state index in [1.54, 1.807) is 25.3 Å². The molecule has 5 nitrogen and oxygen atoms in total. The number of furan rings is 1. The summed E-state index contributed by atoms with van der Waals surface area (Å²) in [5.74, 6) is 0.786. The number of nitrogens with zero attached hydrogens (tertiary/aromatic N) is 1. The first-order valence-electron chi connectivity index (χ1n) is 7.99. The van der Waals surface area contributed by atoms with Crippen molar-refractivity contribution in [2.45, 2.75) is 52.2 Å². The normalized spacial score (nSPS) is 20.0. The number of aliphatic hydroxyl groups is 1. The molecular formula is C17H28N2O3. The number of rotatable bonds is 4. The van der Waals surface area contributed by atoms with Crippen molar-refractivity contribution in [3.05, 3.63) is 24.2 Å². The fourth-order valence-electron chi connectivity index (χ4n) is 2.78. The molecule has 0 aliphatic carbocycles. The molecule has 0 bridgehead atoms. The van der Waals surface area contributed by atoms with E-state index < -0.39 is 5.60 Å². The van der Waals surface area contributed by atoms with E-state index in [4.69, 9.17) is 4.42 Å². The van der Waals surface area contributed by atoms with E-state index in [1.807, 2.05) is 25.7 Å². The minimum absolute atomic E-state index is 0.216. The van der Waals surface area contributed by atoms with Gasteiger partial charge in [-0.15, -0.1) is 0 Å². The topological polar surface area (TPSA) is 65.7 Å². The second kappa shape index (κ2) is 6.42. The van der Waals surface area contributed by atoms with Crippen LogP contribution in [0.4, 0.5) is 0 Å². The van der Waals surface area contributed by atoms with E-state index in [1.165, 1.54) is 0 Å². The predicted molar refractivity (Wildman–Crippen MR) is 85.3 cm³/mol. The summed E-state index contributed by atoms with van der Waals surface area (Å²) in [6.45, 7) is 9.61. The fourth-order valence-corrected chi connectivity index (χ4v) is 2.78. The van der Waals surface area contributed by atoms with Crippen molar-refractivity contribution in [3.8, 4) is 0 Å². The van der Waals surface area contributed by atoms with E-state index in [0.29, 0.717) is 18.3 Å². The van der Waals surface area contributed by atoms with Crippen LogP contribution in [0.25, 0.3) is 0 Å². The lowest BCUT2D eigenvalue weighted by molar-refractivity contribution is -0.140. The highest BCUT2D eigenvalue weighted by atomic mass is 16.4. The zero-order valence-electron chi connectivity index (χ0n) is 14.1. The molecule has 1 amide bonds. The number of piperidine rings is 1. The van der Waals surface area contributed by atoms with Crippen molar-refractivity contribution < 1.29 is 14.3 Å². The maximum Gasteiger partial charge on any atom is 0.227 e. The van der Waals surface area contributed by atoms with Crippen LogP contribution in [0.5, 0.6) is 0 Å². The van der Waals surface area contributed by atoms with Crippen LogP contribution in [0.2, 0.25) is 0 Å². The predicted octanol–water partition coefficient (Wildman–Crippen LogP) is 2.11. The summed E-state index contributed by atoms with van der Waals surface area (Å²) in [5.41, 5.74) is -1.33. The fraction of sp³-hybridized carbons (Fsp3) is 0.706. The van der Waals surface area contributed by atoms with Crippen LogP contribution in [0.15, 0.2) is 22.8 Å². The average molecular weight is 308 g/mol. The Balaban J connectivity index is 1.80. The number of likely N-dealkylation sites (tertiary alicyclic amines) is 1. The molecule has 22 heavy (non-hydrogen) atoms. The third-order valence-electron chi connectivity index (χ3n) is 4.21. The van der Waals surface area contributed by atoms with Crippen LogP contribution >= 0.6 is 0 Å². The molecule has 1 atom stereocenters. The molecule has 0 aromatic carbocycles. The summed E-state index contributed by atoms with van der Waals surface area (Å²) in [6, 6.07) is 3.89. The minimum atomic E-state index is -1.01. The van der Waals surface area contributed by atoms with Crippen molar-refractivity contribution in [1.29, 1.82) is 0 Å². The van der Waals surface area contributed by atoms with Gasteiger partial charge in [0, 0.05) is 31.1 Å². The Morgan fingerprint density at radius 2 is 2.00 bits per heavy atom. The molecule has 2 rings (SSSR count). The Morgan fingerprint density at radius 1 is 1.36 bits per heavy atom. The summed E-state index contributed by atoms with van der Waals surface area (Å²) >= 11 is 0. The standard InChI is InChI=1S/C17H28N2O3/c1-16(2,3)15(20)19-9-7-13(8-10-19)18-12-17(4,21)14-6-5-11-22-14/h5-6,11,13,18,21H,7-10,12H2,1-4H3. The first-order valence-corrected chi connectivity index (χ1v) is 7.99. The molecule has 1 aromatic heterocycles. The summed E-state index contributed by atoms with van der Waals surface area (Å²) < 4.78 is 5.28. The van der Waals surface area contributed by atoms with Crippen LogP contribution in [-0.4, -0.2) is 41.6 Å². The van der Waals surface area contributed by atoms with Gasteiger partial charge in [0.2, 0.25) is 5.91 Å². The molecule has 1 fully saturated rings. The van der Waals surface area contributed by atoms with Crippen LogP contribution in [0.1, 0.15) is 46.3 Å². The second-order valence-electron chi connectivity index (χ2n) is 7.45. The molecule has 0 saturated carbocycles. The van der Waals surface area contributed by atoms with Crippen molar-refractivity contribution in [2.24, 2.45) is 5.41 Å². The Labute approximate surface area is 132 Å². The first-order chi connectivity index (χ1) is 10.2. The van der Waals surface area contributed by atoms with Gasteiger partial charge in [-0.25, -0.2) is 0 Å². The number of hydrogen-bond acceptors (Lipinski definition) is 4. The van der Waals surface area contributed by atoms with Crippen molar-refractivity contribution in [1.82, 2.24) is 10.2 Å². The largest absolute Gasteiger partial charge is 0.466 e. The SMILES string of the molecule is CC(C)(C)C(=O)N1CCC(NCC(C)(O)c2ccco2)CC1. The van der Waals surface area contributed by atoms with Crippen molar-refractivity contribution >= 4 is 5.91 Å². The number of nitrogens with one attached hydrogen (secondary N) is 1. The third-order valence-corrected chi connectivity index (χ3v) is 4.21. The van der Waals surface area contributed by atoms with Gasteiger partial charge in [0.05, 0.1) is 6.26 Å². The maximum absolute atomic E-state index is 12.3. The highest BCUT2D eigenvalue weighted by molar-refractivity contribution is 5.81. The van der Waals surface area contributed by atoms with Gasteiger partial charge >= 0.3 is 0 Å². The molecule has 0 spiro atoms. The number of amides is 1. The molecule has 1 unspecified atom stereocenters. The van der Waals surface area contributed by atoms with E-state index in [9.17, 15) is 9.90 Å². The monoisotopic (exact) mass is 308 g/mol. The zero-order valence-corrected chi connectivity index (χ0v) is 14.1. The van der Waals surface area contributed by atoms with Gasteiger partial charge in [-0.1, -0.05) is 20.8 Å². The first kappa shape index (κ1) is 17.0. The summed E-state index contributed by atoms with van der Waals surface area (Å²) in [7, 11) is 0. The number of carbonyl (C=O) groups excluding carboxylic acids is 1. The Morgan fingerprint density at radius 3 is 2.50 bits per heavy atom. The highest BCUT2D eigenvalue weighted by Crippen LogP contribution is 2.23. The lowest BCUT2D eigenvalue weighted by atomic mass is 9.92. The summed E-state index contributed by atoms with van der Waals surface area (Å²) in [4.78, 5) is 14.2. The van der Waals surface area contributed by atoms with E-state index >= 15 is 0 Å². The Bertz CT molecular complexity index is 481. The summed E-state index contributed by atoms with van der Waals surface area (Å²) in [6.07, 6.45) is 3.40. The van der Waals surface area contributed by atoms with Gasteiger partial charge < -0.3 is 19.7 Å². The molecule has 1 saturated heterocycles. The van der Waals surface area contributed by atoms with Crippen molar-refractivity contribution in [3.63, 3.8) is 0 Å². The molecule has 1 aromatic rings. The maximum atomic E-state index is 12.3. The van der Waals surface area contributed by atoms with Crippen LogP contribution < -0.4 is 5.32 Å². The molecule has 2 N–H and O–H groups in total. The molecule has 5 heteroatoms. The second-order valence-corrected chi connectivity index (χ2v) is 7.45.